The zero-order chi connectivity index (χ0) is 14.4. The Kier molecular flexibility index (Phi) is 4.84. The van der Waals surface area contributed by atoms with Gasteiger partial charge < -0.3 is 10.1 Å². The first-order valence-corrected chi connectivity index (χ1v) is 6.90. The van der Waals surface area contributed by atoms with Gasteiger partial charge in [-0.05, 0) is 19.1 Å². The monoisotopic (exact) mass is 289 g/mol. The fourth-order valence-corrected chi connectivity index (χ4v) is 2.44. The maximum absolute atomic E-state index is 11.9. The van der Waals surface area contributed by atoms with Crippen molar-refractivity contribution in [1.29, 1.82) is 0 Å². The number of pyridine rings is 1. The van der Waals surface area contributed by atoms with Gasteiger partial charge in [-0.25, -0.2) is 4.98 Å². The van der Waals surface area contributed by atoms with Crippen molar-refractivity contribution >= 4 is 17.2 Å². The van der Waals surface area contributed by atoms with E-state index >= 15 is 0 Å². The lowest BCUT2D eigenvalue weighted by Gasteiger charge is -2.01. The van der Waals surface area contributed by atoms with Crippen LogP contribution in [0, 0.1) is 6.92 Å². The van der Waals surface area contributed by atoms with Crippen LogP contribution in [-0.2, 0) is 6.61 Å². The van der Waals surface area contributed by atoms with Gasteiger partial charge in [0.1, 0.15) is 22.2 Å². The van der Waals surface area contributed by atoms with Crippen molar-refractivity contribution in [2.24, 2.45) is 0 Å². The van der Waals surface area contributed by atoms with Gasteiger partial charge >= 0.3 is 0 Å². The SMILES string of the molecule is C=CCNC(=O)c1sc(COc2cccnc2)nc1C. The zero-order valence-electron chi connectivity index (χ0n) is 11.1. The third kappa shape index (κ3) is 3.64. The summed E-state index contributed by atoms with van der Waals surface area (Å²) in [5, 5.41) is 3.50. The molecule has 1 N–H and O–H groups in total. The van der Waals surface area contributed by atoms with Gasteiger partial charge in [0, 0.05) is 12.7 Å². The van der Waals surface area contributed by atoms with Crippen LogP contribution in [0.25, 0.3) is 0 Å². The van der Waals surface area contributed by atoms with Crippen LogP contribution in [0.5, 0.6) is 5.75 Å². The number of aromatic nitrogens is 2. The summed E-state index contributed by atoms with van der Waals surface area (Å²) in [5.74, 6) is 0.547. The summed E-state index contributed by atoms with van der Waals surface area (Å²) in [6, 6.07) is 3.63. The van der Waals surface area contributed by atoms with Crippen molar-refractivity contribution in [2.45, 2.75) is 13.5 Å². The summed E-state index contributed by atoms with van der Waals surface area (Å²) in [5.41, 5.74) is 0.710. The van der Waals surface area contributed by atoms with Gasteiger partial charge in [0.15, 0.2) is 0 Å². The van der Waals surface area contributed by atoms with Gasteiger partial charge in [0.05, 0.1) is 11.9 Å². The topological polar surface area (TPSA) is 64.1 Å². The van der Waals surface area contributed by atoms with E-state index < -0.39 is 0 Å². The van der Waals surface area contributed by atoms with Crippen LogP contribution in [0.1, 0.15) is 20.4 Å². The molecule has 0 radical (unpaired) electrons. The molecule has 0 aliphatic carbocycles. The molecule has 0 bridgehead atoms. The molecule has 5 nitrogen and oxygen atoms in total. The summed E-state index contributed by atoms with van der Waals surface area (Å²) in [4.78, 5) is 20.8. The standard InChI is InChI=1S/C14H15N3O2S/c1-3-6-16-14(18)13-10(2)17-12(20-13)9-19-11-5-4-7-15-8-11/h3-5,7-8H,1,6,9H2,2H3,(H,16,18). The van der Waals surface area contributed by atoms with Gasteiger partial charge in [-0.2, -0.15) is 0 Å². The number of hydrogen-bond acceptors (Lipinski definition) is 5. The molecule has 104 valence electrons. The third-order valence-electron chi connectivity index (χ3n) is 2.45. The molecule has 2 heterocycles. The van der Waals surface area contributed by atoms with E-state index in [0.29, 0.717) is 29.5 Å². The second-order valence-corrected chi connectivity index (χ2v) is 5.08. The van der Waals surface area contributed by atoms with Crippen molar-refractivity contribution < 1.29 is 9.53 Å². The number of thiazole rings is 1. The molecule has 2 aromatic rings. The van der Waals surface area contributed by atoms with Crippen LogP contribution in [-0.4, -0.2) is 22.4 Å². The lowest BCUT2D eigenvalue weighted by molar-refractivity contribution is 0.0961. The van der Waals surface area contributed by atoms with Crippen molar-refractivity contribution in [1.82, 2.24) is 15.3 Å². The fraction of sp³-hybridized carbons (Fsp3) is 0.214. The average molecular weight is 289 g/mol. The molecule has 0 atom stereocenters. The quantitative estimate of drug-likeness (QED) is 0.829. The van der Waals surface area contributed by atoms with Gasteiger partial charge in [-0.1, -0.05) is 6.08 Å². The fourth-order valence-electron chi connectivity index (χ4n) is 1.55. The molecular formula is C14H15N3O2S. The molecule has 2 aromatic heterocycles. The van der Waals surface area contributed by atoms with E-state index in [4.69, 9.17) is 4.74 Å². The summed E-state index contributed by atoms with van der Waals surface area (Å²) in [6.45, 7) is 6.14. The minimum Gasteiger partial charge on any atom is -0.485 e. The van der Waals surface area contributed by atoms with E-state index in [-0.39, 0.29) is 5.91 Å². The second kappa shape index (κ2) is 6.81. The molecule has 0 saturated carbocycles. The normalized spacial score (nSPS) is 10.1. The first-order chi connectivity index (χ1) is 9.70. The van der Waals surface area contributed by atoms with Gasteiger partial charge in [0.25, 0.3) is 5.91 Å². The van der Waals surface area contributed by atoms with E-state index in [9.17, 15) is 4.79 Å². The molecule has 6 heteroatoms. The minimum absolute atomic E-state index is 0.132. The molecule has 0 aliphatic heterocycles. The summed E-state index contributed by atoms with van der Waals surface area (Å²) < 4.78 is 5.56. The maximum atomic E-state index is 11.9. The van der Waals surface area contributed by atoms with Crippen LogP contribution in [0.15, 0.2) is 37.2 Å². The summed E-state index contributed by atoms with van der Waals surface area (Å²) in [7, 11) is 0. The lowest BCUT2D eigenvalue weighted by Crippen LogP contribution is -2.22. The van der Waals surface area contributed by atoms with E-state index in [1.165, 1.54) is 11.3 Å². The number of carbonyl (C=O) groups is 1. The zero-order valence-corrected chi connectivity index (χ0v) is 11.9. The van der Waals surface area contributed by atoms with Crippen LogP contribution in [0.2, 0.25) is 0 Å². The first-order valence-electron chi connectivity index (χ1n) is 6.09. The highest BCUT2D eigenvalue weighted by Gasteiger charge is 2.14. The molecule has 0 aliphatic rings. The highest BCUT2D eigenvalue weighted by molar-refractivity contribution is 7.13. The summed E-state index contributed by atoms with van der Waals surface area (Å²) >= 11 is 1.33. The second-order valence-electron chi connectivity index (χ2n) is 4.00. The molecule has 2 rings (SSSR count). The van der Waals surface area contributed by atoms with Gasteiger partial charge in [0.2, 0.25) is 0 Å². The number of ether oxygens (including phenoxy) is 1. The molecule has 0 spiro atoms. The van der Waals surface area contributed by atoms with Crippen molar-refractivity contribution in [3.63, 3.8) is 0 Å². The van der Waals surface area contributed by atoms with Crippen molar-refractivity contribution in [3.05, 3.63) is 52.8 Å². The number of nitrogens with one attached hydrogen (secondary N) is 1. The Morgan fingerprint density at radius 1 is 1.60 bits per heavy atom. The highest BCUT2D eigenvalue weighted by Crippen LogP contribution is 2.19. The first kappa shape index (κ1) is 14.2. The summed E-state index contributed by atoms with van der Waals surface area (Å²) in [6.07, 6.45) is 4.96. The minimum atomic E-state index is -0.132. The number of amides is 1. The maximum Gasteiger partial charge on any atom is 0.263 e. The smallest absolute Gasteiger partial charge is 0.263 e. The van der Waals surface area contributed by atoms with Crippen LogP contribution >= 0.6 is 11.3 Å². The number of carbonyl (C=O) groups excluding carboxylic acids is 1. The van der Waals surface area contributed by atoms with Gasteiger partial charge in [-0.15, -0.1) is 17.9 Å². The third-order valence-corrected chi connectivity index (χ3v) is 3.58. The van der Waals surface area contributed by atoms with Crippen molar-refractivity contribution in [2.75, 3.05) is 6.54 Å². The van der Waals surface area contributed by atoms with E-state index in [2.05, 4.69) is 21.9 Å². The molecule has 0 saturated heterocycles. The Labute approximate surface area is 121 Å². The Balaban J connectivity index is 2.00. The Hall–Kier alpha value is -2.21. The lowest BCUT2D eigenvalue weighted by atomic mass is 10.4. The molecule has 0 unspecified atom stereocenters. The Bertz CT molecular complexity index is 596. The predicted molar refractivity (Wildman–Crippen MR) is 78.0 cm³/mol. The Morgan fingerprint density at radius 2 is 2.45 bits per heavy atom. The largest absolute Gasteiger partial charge is 0.485 e. The van der Waals surface area contributed by atoms with E-state index in [1.807, 2.05) is 13.0 Å². The van der Waals surface area contributed by atoms with Crippen LogP contribution in [0.3, 0.4) is 0 Å². The number of rotatable bonds is 6. The number of hydrogen-bond donors (Lipinski definition) is 1. The van der Waals surface area contributed by atoms with Crippen LogP contribution in [0.4, 0.5) is 0 Å². The van der Waals surface area contributed by atoms with Crippen LogP contribution < -0.4 is 10.1 Å². The molecular weight excluding hydrogens is 274 g/mol. The molecule has 20 heavy (non-hydrogen) atoms. The van der Waals surface area contributed by atoms with Crippen molar-refractivity contribution in [3.8, 4) is 5.75 Å². The number of nitrogens with zero attached hydrogens (tertiary/aromatic N) is 2. The molecule has 0 aromatic carbocycles. The van der Waals surface area contributed by atoms with Gasteiger partial charge in [-0.3, -0.25) is 9.78 Å². The number of aryl methyl sites for hydroxylation is 1. The molecule has 1 amide bonds. The van der Waals surface area contributed by atoms with E-state index in [0.717, 1.165) is 5.01 Å². The van der Waals surface area contributed by atoms with E-state index in [1.54, 1.807) is 24.5 Å². The Morgan fingerprint density at radius 3 is 3.15 bits per heavy atom. The highest BCUT2D eigenvalue weighted by atomic mass is 32.1. The average Bonchev–Trinajstić information content (AvgIpc) is 2.85. The predicted octanol–water partition coefficient (Wildman–Crippen LogP) is 2.34. The molecule has 0 fully saturated rings.